The first-order chi connectivity index (χ1) is 10.1. The zero-order chi connectivity index (χ0) is 15.4. The van der Waals surface area contributed by atoms with Crippen molar-refractivity contribution in [3.05, 3.63) is 30.1 Å². The monoisotopic (exact) mass is 289 g/mol. The maximum Gasteiger partial charge on any atom is 0.224 e. The Bertz CT molecular complexity index is 622. The van der Waals surface area contributed by atoms with Crippen LogP contribution in [0, 0.1) is 5.92 Å². The van der Waals surface area contributed by atoms with E-state index < -0.39 is 0 Å². The van der Waals surface area contributed by atoms with Gasteiger partial charge in [0, 0.05) is 33.4 Å². The fourth-order valence-electron chi connectivity index (χ4n) is 2.50. The number of imidazole rings is 1. The number of hydrogen-bond acceptors (Lipinski definition) is 4. The largest absolute Gasteiger partial charge is 0.359 e. The van der Waals surface area contributed by atoms with Crippen LogP contribution in [0.3, 0.4) is 0 Å². The summed E-state index contributed by atoms with van der Waals surface area (Å²) in [6.45, 7) is 3.27. The lowest BCUT2D eigenvalue weighted by atomic mass is 10.1. The first kappa shape index (κ1) is 15.3. The van der Waals surface area contributed by atoms with E-state index in [0.29, 0.717) is 6.54 Å². The van der Waals surface area contributed by atoms with Gasteiger partial charge >= 0.3 is 0 Å². The summed E-state index contributed by atoms with van der Waals surface area (Å²) >= 11 is 0. The van der Waals surface area contributed by atoms with Crippen molar-refractivity contribution in [2.45, 2.75) is 13.5 Å². The minimum atomic E-state index is -0.0905. The van der Waals surface area contributed by atoms with Gasteiger partial charge in [0.05, 0.1) is 11.6 Å². The smallest absolute Gasteiger partial charge is 0.224 e. The first-order valence-corrected chi connectivity index (χ1v) is 7.11. The van der Waals surface area contributed by atoms with Gasteiger partial charge in [-0.1, -0.05) is 13.0 Å². The Morgan fingerprint density at radius 1 is 1.43 bits per heavy atom. The van der Waals surface area contributed by atoms with E-state index in [1.54, 1.807) is 7.05 Å². The van der Waals surface area contributed by atoms with Gasteiger partial charge in [0.15, 0.2) is 5.82 Å². The number of amides is 1. The third kappa shape index (κ3) is 3.16. The fraction of sp³-hybridized carbons (Fsp3) is 0.467. The number of carbonyl (C=O) groups is 1. The molecular formula is C15H23N5O. The summed E-state index contributed by atoms with van der Waals surface area (Å²) in [4.78, 5) is 18.4. The lowest BCUT2D eigenvalue weighted by Gasteiger charge is -2.21. The SMILES string of the molecule is CNCc1c(N(C)CC(C)C(=O)NC)nc2ccccn12. The van der Waals surface area contributed by atoms with Crippen LogP contribution < -0.4 is 15.5 Å². The molecule has 0 saturated heterocycles. The zero-order valence-electron chi connectivity index (χ0n) is 13.1. The number of pyridine rings is 1. The van der Waals surface area contributed by atoms with Crippen LogP contribution in [0.5, 0.6) is 0 Å². The molecule has 0 bridgehead atoms. The van der Waals surface area contributed by atoms with Gasteiger partial charge in [-0.15, -0.1) is 0 Å². The average Bonchev–Trinajstić information content (AvgIpc) is 2.86. The van der Waals surface area contributed by atoms with Crippen molar-refractivity contribution in [2.75, 3.05) is 32.6 Å². The van der Waals surface area contributed by atoms with E-state index in [1.165, 1.54) is 0 Å². The maximum absolute atomic E-state index is 11.7. The summed E-state index contributed by atoms with van der Waals surface area (Å²) < 4.78 is 2.08. The Morgan fingerprint density at radius 2 is 2.19 bits per heavy atom. The molecule has 0 radical (unpaired) electrons. The maximum atomic E-state index is 11.7. The van der Waals surface area contributed by atoms with Crippen molar-refractivity contribution < 1.29 is 4.79 Å². The van der Waals surface area contributed by atoms with E-state index in [4.69, 9.17) is 0 Å². The van der Waals surface area contributed by atoms with Gasteiger partial charge in [0.2, 0.25) is 5.91 Å². The Kier molecular flexibility index (Phi) is 4.80. The molecule has 1 unspecified atom stereocenters. The zero-order valence-corrected chi connectivity index (χ0v) is 13.1. The molecule has 0 aromatic carbocycles. The van der Waals surface area contributed by atoms with Crippen molar-refractivity contribution in [1.29, 1.82) is 0 Å². The summed E-state index contributed by atoms with van der Waals surface area (Å²) in [6.07, 6.45) is 2.01. The lowest BCUT2D eigenvalue weighted by molar-refractivity contribution is -0.123. The highest BCUT2D eigenvalue weighted by molar-refractivity contribution is 5.78. The molecule has 2 aromatic heterocycles. The second-order valence-corrected chi connectivity index (χ2v) is 5.24. The number of rotatable bonds is 6. The molecule has 1 amide bonds. The molecule has 0 saturated carbocycles. The highest BCUT2D eigenvalue weighted by Crippen LogP contribution is 2.21. The molecule has 0 aliphatic carbocycles. The summed E-state index contributed by atoms with van der Waals surface area (Å²) in [5.74, 6) is 0.860. The second kappa shape index (κ2) is 6.58. The molecule has 2 rings (SSSR count). The molecule has 6 nitrogen and oxygen atoms in total. The molecule has 0 fully saturated rings. The van der Waals surface area contributed by atoms with Gasteiger partial charge in [-0.05, 0) is 19.2 Å². The van der Waals surface area contributed by atoms with Crippen LogP contribution in [-0.4, -0.2) is 43.0 Å². The van der Waals surface area contributed by atoms with E-state index >= 15 is 0 Å². The Labute approximate surface area is 125 Å². The molecule has 0 spiro atoms. The third-order valence-electron chi connectivity index (χ3n) is 3.56. The van der Waals surface area contributed by atoms with Gasteiger partial charge in [-0.2, -0.15) is 0 Å². The summed E-state index contributed by atoms with van der Waals surface area (Å²) in [5.41, 5.74) is 2.01. The van der Waals surface area contributed by atoms with Crippen LogP contribution in [0.1, 0.15) is 12.6 Å². The molecular weight excluding hydrogens is 266 g/mol. The molecule has 0 aliphatic heterocycles. The minimum absolute atomic E-state index is 0.0424. The molecule has 2 aromatic rings. The molecule has 0 aliphatic rings. The number of hydrogen-bond donors (Lipinski definition) is 2. The number of carbonyl (C=O) groups excluding carboxylic acids is 1. The van der Waals surface area contributed by atoms with Crippen molar-refractivity contribution in [1.82, 2.24) is 20.0 Å². The van der Waals surface area contributed by atoms with Gasteiger partial charge in [0.25, 0.3) is 0 Å². The van der Waals surface area contributed by atoms with Crippen molar-refractivity contribution in [3.8, 4) is 0 Å². The number of aromatic nitrogens is 2. The number of anilines is 1. The van der Waals surface area contributed by atoms with Gasteiger partial charge in [-0.3, -0.25) is 4.79 Å². The standard InChI is InChI=1S/C15H23N5O/c1-11(15(21)17-3)10-19(4)14-12(9-16-2)20-8-6-5-7-13(20)18-14/h5-8,11,16H,9-10H2,1-4H3,(H,17,21). The molecule has 1 atom stereocenters. The summed E-state index contributed by atoms with van der Waals surface area (Å²) in [7, 11) is 5.55. The number of fused-ring (bicyclic) bond motifs is 1. The van der Waals surface area contributed by atoms with E-state index in [9.17, 15) is 4.79 Å². The van der Waals surface area contributed by atoms with E-state index in [0.717, 1.165) is 23.7 Å². The van der Waals surface area contributed by atoms with Crippen molar-refractivity contribution >= 4 is 17.4 Å². The number of nitrogens with zero attached hydrogens (tertiary/aromatic N) is 3. The van der Waals surface area contributed by atoms with Gasteiger partial charge in [-0.25, -0.2) is 4.98 Å². The van der Waals surface area contributed by atoms with E-state index in [-0.39, 0.29) is 11.8 Å². The Hall–Kier alpha value is -2.08. The quantitative estimate of drug-likeness (QED) is 0.828. The van der Waals surface area contributed by atoms with E-state index in [1.807, 2.05) is 50.3 Å². The van der Waals surface area contributed by atoms with Crippen LogP contribution in [0.25, 0.3) is 5.65 Å². The second-order valence-electron chi connectivity index (χ2n) is 5.24. The third-order valence-corrected chi connectivity index (χ3v) is 3.56. The van der Waals surface area contributed by atoms with Crippen LogP contribution in [-0.2, 0) is 11.3 Å². The van der Waals surface area contributed by atoms with Gasteiger partial charge in [0.1, 0.15) is 5.65 Å². The van der Waals surface area contributed by atoms with Crippen LogP contribution in [0.2, 0.25) is 0 Å². The fourth-order valence-corrected chi connectivity index (χ4v) is 2.50. The van der Waals surface area contributed by atoms with Crippen LogP contribution >= 0.6 is 0 Å². The Balaban J connectivity index is 2.31. The van der Waals surface area contributed by atoms with E-state index in [2.05, 4.69) is 20.0 Å². The normalized spacial score (nSPS) is 12.4. The molecule has 2 heterocycles. The van der Waals surface area contributed by atoms with Gasteiger partial charge < -0.3 is 19.9 Å². The van der Waals surface area contributed by atoms with Crippen LogP contribution in [0.15, 0.2) is 24.4 Å². The summed E-state index contributed by atoms with van der Waals surface area (Å²) in [5, 5.41) is 5.86. The highest BCUT2D eigenvalue weighted by atomic mass is 16.1. The van der Waals surface area contributed by atoms with Crippen LogP contribution in [0.4, 0.5) is 5.82 Å². The highest BCUT2D eigenvalue weighted by Gasteiger charge is 2.19. The topological polar surface area (TPSA) is 61.7 Å². The first-order valence-electron chi connectivity index (χ1n) is 7.11. The Morgan fingerprint density at radius 3 is 2.86 bits per heavy atom. The molecule has 21 heavy (non-hydrogen) atoms. The molecule has 6 heteroatoms. The summed E-state index contributed by atoms with van der Waals surface area (Å²) in [6, 6.07) is 5.95. The minimum Gasteiger partial charge on any atom is -0.359 e. The average molecular weight is 289 g/mol. The van der Waals surface area contributed by atoms with Crippen molar-refractivity contribution in [2.24, 2.45) is 5.92 Å². The predicted octanol–water partition coefficient (Wildman–Crippen LogP) is 0.872. The predicted molar refractivity (Wildman–Crippen MR) is 84.5 cm³/mol. The number of nitrogens with one attached hydrogen (secondary N) is 2. The molecule has 2 N–H and O–H groups in total. The lowest BCUT2D eigenvalue weighted by Crippen LogP contribution is -2.35. The molecule has 114 valence electrons. The van der Waals surface area contributed by atoms with Crippen molar-refractivity contribution in [3.63, 3.8) is 0 Å².